The van der Waals surface area contributed by atoms with E-state index < -0.39 is 8.56 Å². The molecule has 1 unspecified atom stereocenters. The maximum absolute atomic E-state index is 9.43. The van der Waals surface area contributed by atoms with Gasteiger partial charge in [-0.25, -0.2) is 0 Å². The molecule has 0 aromatic heterocycles. The highest BCUT2D eigenvalue weighted by molar-refractivity contribution is 6.65. The van der Waals surface area contributed by atoms with E-state index in [2.05, 4.69) is 0 Å². The first kappa shape index (κ1) is 13.1. The lowest BCUT2D eigenvalue weighted by molar-refractivity contribution is 0.155. The van der Waals surface area contributed by atoms with Crippen molar-refractivity contribution in [2.24, 2.45) is 5.73 Å². The molecule has 0 spiro atoms. The average molecular weight is 207 g/mol. The lowest BCUT2D eigenvalue weighted by Crippen LogP contribution is -2.37. The Kier molecular flexibility index (Phi) is 6.53. The predicted octanol–water partition coefficient (Wildman–Crippen LogP) is 0.451. The minimum Gasteiger partial charge on any atom is -0.398 e. The molecule has 0 heterocycles. The normalized spacial score (nSPS) is 14.5. The zero-order valence-electron chi connectivity index (χ0n) is 8.75. The summed E-state index contributed by atoms with van der Waals surface area (Å²) in [4.78, 5) is 0. The van der Waals surface area contributed by atoms with Crippen molar-refractivity contribution >= 4 is 8.56 Å². The fourth-order valence-electron chi connectivity index (χ4n) is 1.05. The van der Waals surface area contributed by atoms with Crippen molar-refractivity contribution in [1.29, 1.82) is 0 Å². The number of hydrogen-bond donors (Lipinski definition) is 2. The number of rotatable bonds is 7. The molecule has 13 heavy (non-hydrogen) atoms. The summed E-state index contributed by atoms with van der Waals surface area (Å²) in [5, 5.41) is 9.43. The summed E-state index contributed by atoms with van der Waals surface area (Å²) in [6.07, 6.45) is 1.04. The summed E-state index contributed by atoms with van der Waals surface area (Å²) < 4.78 is 10.6. The van der Waals surface area contributed by atoms with Gasteiger partial charge in [0.2, 0.25) is 0 Å². The minimum absolute atomic E-state index is 0.317. The van der Waals surface area contributed by atoms with Gasteiger partial charge in [0.1, 0.15) is 0 Å². The molecule has 0 amide bonds. The van der Waals surface area contributed by atoms with Gasteiger partial charge in [-0.15, -0.1) is 0 Å². The van der Waals surface area contributed by atoms with Gasteiger partial charge in [0.25, 0.3) is 0 Å². The van der Waals surface area contributed by atoms with Gasteiger partial charge in [-0.3, -0.25) is 0 Å². The number of aliphatic hydroxyl groups is 1. The van der Waals surface area contributed by atoms with Crippen molar-refractivity contribution < 1.29 is 14.0 Å². The van der Waals surface area contributed by atoms with Crippen LogP contribution in [0.3, 0.4) is 0 Å². The standard InChI is InChI=1S/C8H21NO3Si/c1-11-13(3,12-2)7-5-8(10)4-6-9/h8,10H,4-7,9H2,1-3H3. The van der Waals surface area contributed by atoms with E-state index >= 15 is 0 Å². The monoisotopic (exact) mass is 207 g/mol. The van der Waals surface area contributed by atoms with E-state index in [1.807, 2.05) is 6.55 Å². The van der Waals surface area contributed by atoms with Crippen LogP contribution >= 0.6 is 0 Å². The Hall–Kier alpha value is 0.0569. The highest BCUT2D eigenvalue weighted by atomic mass is 28.4. The molecule has 0 radical (unpaired) electrons. The molecule has 3 N–H and O–H groups in total. The number of hydrogen-bond acceptors (Lipinski definition) is 4. The number of nitrogens with two attached hydrogens (primary N) is 1. The lowest BCUT2D eigenvalue weighted by Gasteiger charge is -2.23. The van der Waals surface area contributed by atoms with E-state index in [-0.39, 0.29) is 6.10 Å². The fraction of sp³-hybridized carbons (Fsp3) is 1.00. The van der Waals surface area contributed by atoms with Gasteiger partial charge in [-0.05, 0) is 32.0 Å². The second kappa shape index (κ2) is 6.50. The first-order valence-corrected chi connectivity index (χ1v) is 7.08. The smallest absolute Gasteiger partial charge is 0.334 e. The topological polar surface area (TPSA) is 64.7 Å². The first-order valence-electron chi connectivity index (χ1n) is 4.56. The van der Waals surface area contributed by atoms with Crippen LogP contribution in [-0.4, -0.2) is 40.5 Å². The van der Waals surface area contributed by atoms with Crippen molar-refractivity contribution in [3.8, 4) is 0 Å². The van der Waals surface area contributed by atoms with Gasteiger partial charge in [0.05, 0.1) is 6.10 Å². The zero-order valence-corrected chi connectivity index (χ0v) is 9.75. The SMILES string of the molecule is CO[Si](C)(CCC(O)CCN)OC. The van der Waals surface area contributed by atoms with Crippen LogP contribution in [0.5, 0.6) is 0 Å². The van der Waals surface area contributed by atoms with E-state index in [0.717, 1.165) is 6.04 Å². The molecular formula is C8H21NO3Si. The van der Waals surface area contributed by atoms with E-state index in [9.17, 15) is 5.11 Å². The first-order chi connectivity index (χ1) is 6.08. The molecule has 0 fully saturated rings. The second-order valence-electron chi connectivity index (χ2n) is 3.31. The molecule has 0 aliphatic heterocycles. The fourth-order valence-corrected chi connectivity index (χ4v) is 2.49. The van der Waals surface area contributed by atoms with Gasteiger partial charge in [0, 0.05) is 14.2 Å². The third-order valence-corrected chi connectivity index (χ3v) is 5.22. The van der Waals surface area contributed by atoms with Crippen molar-refractivity contribution in [3.05, 3.63) is 0 Å². The summed E-state index contributed by atoms with van der Waals surface area (Å²) in [5.41, 5.74) is 5.32. The van der Waals surface area contributed by atoms with Crippen LogP contribution in [0.2, 0.25) is 12.6 Å². The Labute approximate surface area is 81.3 Å². The Morgan fingerprint density at radius 1 is 1.31 bits per heavy atom. The molecule has 0 saturated heterocycles. The summed E-state index contributed by atoms with van der Waals surface area (Å²) in [6.45, 7) is 2.52. The van der Waals surface area contributed by atoms with E-state index in [1.54, 1.807) is 14.2 Å². The van der Waals surface area contributed by atoms with Gasteiger partial charge < -0.3 is 19.7 Å². The van der Waals surface area contributed by atoms with E-state index in [0.29, 0.717) is 19.4 Å². The number of aliphatic hydroxyl groups excluding tert-OH is 1. The minimum atomic E-state index is -1.99. The Morgan fingerprint density at radius 3 is 2.23 bits per heavy atom. The summed E-state index contributed by atoms with van der Waals surface area (Å²) in [6, 6.07) is 0.807. The molecule has 4 nitrogen and oxygen atoms in total. The van der Waals surface area contributed by atoms with Crippen LogP contribution in [0.4, 0.5) is 0 Å². The molecule has 0 aliphatic carbocycles. The largest absolute Gasteiger partial charge is 0.398 e. The summed E-state index contributed by atoms with van der Waals surface area (Å²) >= 11 is 0. The highest BCUT2D eigenvalue weighted by Crippen LogP contribution is 2.15. The van der Waals surface area contributed by atoms with Gasteiger partial charge in [-0.1, -0.05) is 0 Å². The maximum Gasteiger partial charge on any atom is 0.334 e. The van der Waals surface area contributed by atoms with Gasteiger partial charge >= 0.3 is 8.56 Å². The van der Waals surface area contributed by atoms with Crippen molar-refractivity contribution in [2.75, 3.05) is 20.8 Å². The van der Waals surface area contributed by atoms with Crippen LogP contribution in [0, 0.1) is 0 Å². The molecule has 80 valence electrons. The van der Waals surface area contributed by atoms with Gasteiger partial charge in [-0.2, -0.15) is 0 Å². The molecule has 0 rings (SSSR count). The lowest BCUT2D eigenvalue weighted by atomic mass is 10.2. The second-order valence-corrected chi connectivity index (χ2v) is 6.90. The Balaban J connectivity index is 3.71. The molecule has 0 bridgehead atoms. The van der Waals surface area contributed by atoms with E-state index in [4.69, 9.17) is 14.6 Å². The van der Waals surface area contributed by atoms with Crippen molar-refractivity contribution in [3.63, 3.8) is 0 Å². The van der Waals surface area contributed by atoms with Crippen molar-refractivity contribution in [1.82, 2.24) is 0 Å². The average Bonchev–Trinajstić information content (AvgIpc) is 2.15. The molecule has 0 aromatic rings. The van der Waals surface area contributed by atoms with Crippen LogP contribution in [0.1, 0.15) is 12.8 Å². The van der Waals surface area contributed by atoms with E-state index in [1.165, 1.54) is 0 Å². The molecule has 5 heteroatoms. The summed E-state index contributed by atoms with van der Waals surface area (Å²) in [5.74, 6) is 0. The third kappa shape index (κ3) is 5.38. The van der Waals surface area contributed by atoms with Gasteiger partial charge in [0.15, 0.2) is 0 Å². The summed E-state index contributed by atoms with van der Waals surface area (Å²) in [7, 11) is 1.33. The molecular weight excluding hydrogens is 186 g/mol. The van der Waals surface area contributed by atoms with Crippen LogP contribution in [0.15, 0.2) is 0 Å². The maximum atomic E-state index is 9.43. The zero-order chi connectivity index (χ0) is 10.3. The Morgan fingerprint density at radius 2 is 1.85 bits per heavy atom. The van der Waals surface area contributed by atoms with Crippen LogP contribution < -0.4 is 5.73 Å². The molecule has 0 aromatic carbocycles. The quantitative estimate of drug-likeness (QED) is 0.595. The molecule has 0 aliphatic rings. The van der Waals surface area contributed by atoms with Crippen LogP contribution in [0.25, 0.3) is 0 Å². The van der Waals surface area contributed by atoms with Crippen molar-refractivity contribution in [2.45, 2.75) is 31.5 Å². The molecule has 1 atom stereocenters. The predicted molar refractivity (Wildman–Crippen MR) is 54.7 cm³/mol. The molecule has 0 saturated carbocycles. The highest BCUT2D eigenvalue weighted by Gasteiger charge is 2.28. The van der Waals surface area contributed by atoms with Crippen LogP contribution in [-0.2, 0) is 8.85 Å². The Bertz CT molecular complexity index is 131. The third-order valence-electron chi connectivity index (χ3n) is 2.30.